The van der Waals surface area contributed by atoms with Gasteiger partial charge in [-0.1, -0.05) is 11.6 Å². The van der Waals surface area contributed by atoms with Crippen LogP contribution in [-0.2, 0) is 13.1 Å². The minimum absolute atomic E-state index is 0.444. The second-order valence-electron chi connectivity index (χ2n) is 3.66. The van der Waals surface area contributed by atoms with Crippen molar-refractivity contribution in [3.8, 4) is 5.75 Å². The second kappa shape index (κ2) is 5.21. The normalized spacial score (nSPS) is 10.5. The Morgan fingerprint density at radius 1 is 1.41 bits per heavy atom. The van der Waals surface area contributed by atoms with Gasteiger partial charge >= 0.3 is 0 Å². The first-order valence-electron chi connectivity index (χ1n) is 5.27. The Balaban J connectivity index is 2.25. The molecule has 0 bridgehead atoms. The molecular weight excluding hydrogens is 238 g/mol. The van der Waals surface area contributed by atoms with Crippen LogP contribution in [0.1, 0.15) is 11.3 Å². The van der Waals surface area contributed by atoms with Gasteiger partial charge in [-0.05, 0) is 24.3 Å². The van der Waals surface area contributed by atoms with Crippen molar-refractivity contribution >= 4 is 11.6 Å². The summed E-state index contributed by atoms with van der Waals surface area (Å²) in [5, 5.41) is 5.01. The molecule has 2 N–H and O–H groups in total. The molecule has 17 heavy (non-hydrogen) atoms. The fourth-order valence-corrected chi connectivity index (χ4v) is 1.84. The zero-order valence-electron chi connectivity index (χ0n) is 9.56. The van der Waals surface area contributed by atoms with Crippen molar-refractivity contribution < 1.29 is 4.74 Å². The lowest BCUT2D eigenvalue weighted by molar-refractivity contribution is 0.407. The molecule has 0 atom stereocenters. The van der Waals surface area contributed by atoms with Gasteiger partial charge in [0.2, 0.25) is 0 Å². The second-order valence-corrected chi connectivity index (χ2v) is 4.10. The monoisotopic (exact) mass is 251 g/mol. The maximum absolute atomic E-state index is 5.97. The van der Waals surface area contributed by atoms with Crippen LogP contribution in [0, 0.1) is 0 Å². The van der Waals surface area contributed by atoms with Crippen molar-refractivity contribution in [2.75, 3.05) is 7.11 Å². The molecule has 2 aromatic rings. The van der Waals surface area contributed by atoms with E-state index in [1.165, 1.54) is 0 Å². The Bertz CT molecular complexity index is 510. The van der Waals surface area contributed by atoms with E-state index in [1.807, 2.05) is 29.1 Å². The number of halogens is 1. The molecule has 2 rings (SSSR count). The zero-order valence-corrected chi connectivity index (χ0v) is 10.3. The number of ether oxygens (including phenoxy) is 1. The summed E-state index contributed by atoms with van der Waals surface area (Å²) >= 11 is 5.97. The first-order valence-corrected chi connectivity index (χ1v) is 5.65. The molecule has 0 aliphatic carbocycles. The van der Waals surface area contributed by atoms with E-state index >= 15 is 0 Å². The highest BCUT2D eigenvalue weighted by Gasteiger charge is 2.05. The molecule has 0 saturated carbocycles. The van der Waals surface area contributed by atoms with E-state index in [0.717, 1.165) is 17.0 Å². The van der Waals surface area contributed by atoms with Gasteiger partial charge in [0, 0.05) is 23.3 Å². The third-order valence-corrected chi connectivity index (χ3v) is 2.71. The number of rotatable bonds is 4. The number of aromatic nitrogens is 2. The molecule has 1 aromatic carbocycles. The summed E-state index contributed by atoms with van der Waals surface area (Å²) in [5.74, 6) is 0.805. The van der Waals surface area contributed by atoms with Crippen LogP contribution in [0.4, 0.5) is 0 Å². The van der Waals surface area contributed by atoms with Crippen LogP contribution in [0.5, 0.6) is 5.75 Å². The Labute approximate surface area is 105 Å². The fraction of sp³-hybridized carbons (Fsp3) is 0.250. The van der Waals surface area contributed by atoms with E-state index in [0.29, 0.717) is 18.1 Å². The summed E-state index contributed by atoms with van der Waals surface area (Å²) in [4.78, 5) is 0. The summed E-state index contributed by atoms with van der Waals surface area (Å²) in [6.07, 6.45) is 1.89. The van der Waals surface area contributed by atoms with Gasteiger partial charge in [0.25, 0.3) is 0 Å². The molecule has 0 fully saturated rings. The molecule has 1 heterocycles. The average molecular weight is 252 g/mol. The van der Waals surface area contributed by atoms with Crippen LogP contribution < -0.4 is 10.5 Å². The van der Waals surface area contributed by atoms with Crippen LogP contribution in [0.25, 0.3) is 0 Å². The van der Waals surface area contributed by atoms with Crippen molar-refractivity contribution in [2.24, 2.45) is 5.73 Å². The first-order chi connectivity index (χ1) is 8.22. The van der Waals surface area contributed by atoms with Crippen LogP contribution in [0.15, 0.2) is 30.5 Å². The molecule has 0 saturated heterocycles. The number of hydrogen-bond acceptors (Lipinski definition) is 3. The smallest absolute Gasteiger partial charge is 0.124 e. The minimum Gasteiger partial charge on any atom is -0.496 e. The molecule has 0 aliphatic heterocycles. The van der Waals surface area contributed by atoms with Gasteiger partial charge < -0.3 is 10.5 Å². The zero-order chi connectivity index (χ0) is 12.3. The van der Waals surface area contributed by atoms with Gasteiger partial charge in [0.15, 0.2) is 0 Å². The predicted molar refractivity (Wildman–Crippen MR) is 67.2 cm³/mol. The standard InChI is InChI=1S/C12H14ClN3O/c1-17-12-3-2-10(13)6-9(12)8-16-5-4-11(7-14)15-16/h2-6H,7-8,14H2,1H3. The van der Waals surface area contributed by atoms with Gasteiger partial charge in [-0.2, -0.15) is 5.10 Å². The van der Waals surface area contributed by atoms with Crippen LogP contribution >= 0.6 is 11.6 Å². The average Bonchev–Trinajstić information content (AvgIpc) is 2.77. The maximum Gasteiger partial charge on any atom is 0.124 e. The van der Waals surface area contributed by atoms with Crippen molar-refractivity contribution in [3.63, 3.8) is 0 Å². The van der Waals surface area contributed by atoms with Gasteiger partial charge in [-0.3, -0.25) is 4.68 Å². The quantitative estimate of drug-likeness (QED) is 0.905. The maximum atomic E-state index is 5.97. The molecule has 0 unspecified atom stereocenters. The number of methoxy groups -OCH3 is 1. The van der Waals surface area contributed by atoms with Gasteiger partial charge in [0.05, 0.1) is 19.3 Å². The van der Waals surface area contributed by atoms with Crippen molar-refractivity contribution in [1.82, 2.24) is 9.78 Å². The number of hydrogen-bond donors (Lipinski definition) is 1. The Morgan fingerprint density at radius 2 is 2.24 bits per heavy atom. The summed E-state index contributed by atoms with van der Waals surface area (Å²) in [6.45, 7) is 1.06. The molecule has 4 nitrogen and oxygen atoms in total. The highest BCUT2D eigenvalue weighted by molar-refractivity contribution is 6.30. The largest absolute Gasteiger partial charge is 0.496 e. The Morgan fingerprint density at radius 3 is 2.88 bits per heavy atom. The third-order valence-electron chi connectivity index (χ3n) is 2.48. The van der Waals surface area contributed by atoms with Crippen molar-refractivity contribution in [3.05, 3.63) is 46.7 Å². The van der Waals surface area contributed by atoms with Crippen LogP contribution in [-0.4, -0.2) is 16.9 Å². The summed E-state index contributed by atoms with van der Waals surface area (Å²) < 4.78 is 7.10. The number of nitrogens with two attached hydrogens (primary N) is 1. The highest BCUT2D eigenvalue weighted by Crippen LogP contribution is 2.23. The highest BCUT2D eigenvalue weighted by atomic mass is 35.5. The molecule has 90 valence electrons. The lowest BCUT2D eigenvalue weighted by Crippen LogP contribution is -2.04. The minimum atomic E-state index is 0.444. The summed E-state index contributed by atoms with van der Waals surface area (Å²) in [5.41, 5.74) is 7.37. The lowest BCUT2D eigenvalue weighted by atomic mass is 10.2. The lowest BCUT2D eigenvalue weighted by Gasteiger charge is -2.08. The topological polar surface area (TPSA) is 53.1 Å². The summed E-state index contributed by atoms with van der Waals surface area (Å²) in [6, 6.07) is 7.44. The molecule has 1 aromatic heterocycles. The van der Waals surface area contributed by atoms with E-state index in [2.05, 4.69) is 5.10 Å². The summed E-state index contributed by atoms with van der Waals surface area (Å²) in [7, 11) is 1.64. The number of benzene rings is 1. The molecule has 0 aliphatic rings. The molecule has 5 heteroatoms. The SMILES string of the molecule is COc1ccc(Cl)cc1Cn1ccc(CN)n1. The van der Waals surface area contributed by atoms with Crippen molar-refractivity contribution in [2.45, 2.75) is 13.1 Å². The van der Waals surface area contributed by atoms with E-state index < -0.39 is 0 Å². The van der Waals surface area contributed by atoms with Gasteiger partial charge in [-0.15, -0.1) is 0 Å². The van der Waals surface area contributed by atoms with Crippen LogP contribution in [0.3, 0.4) is 0 Å². The predicted octanol–water partition coefficient (Wildman–Crippen LogP) is 2.05. The molecule has 0 spiro atoms. The Kier molecular flexibility index (Phi) is 3.66. The molecule has 0 amide bonds. The van der Waals surface area contributed by atoms with E-state index in [-0.39, 0.29) is 0 Å². The third kappa shape index (κ3) is 2.78. The van der Waals surface area contributed by atoms with E-state index in [1.54, 1.807) is 13.2 Å². The van der Waals surface area contributed by atoms with Gasteiger partial charge in [0.1, 0.15) is 5.75 Å². The Hall–Kier alpha value is -1.52. The van der Waals surface area contributed by atoms with E-state index in [4.69, 9.17) is 22.1 Å². The first kappa shape index (κ1) is 12.0. The molecule has 0 radical (unpaired) electrons. The van der Waals surface area contributed by atoms with Crippen molar-refractivity contribution in [1.29, 1.82) is 0 Å². The van der Waals surface area contributed by atoms with Crippen LogP contribution in [0.2, 0.25) is 5.02 Å². The van der Waals surface area contributed by atoms with Gasteiger partial charge in [-0.25, -0.2) is 0 Å². The molecular formula is C12H14ClN3O. The fourth-order valence-electron chi connectivity index (χ4n) is 1.65. The van der Waals surface area contributed by atoms with E-state index in [9.17, 15) is 0 Å². The number of nitrogens with zero attached hydrogens (tertiary/aromatic N) is 2.